The number of hydrogen-bond donors (Lipinski definition) is 1. The molecule has 284 valence electrons. The van der Waals surface area contributed by atoms with Gasteiger partial charge < -0.3 is 24.1 Å². The van der Waals surface area contributed by atoms with E-state index in [1.165, 1.54) is 5.57 Å². The maximum atomic E-state index is 12.5. The summed E-state index contributed by atoms with van der Waals surface area (Å²) in [5.41, 5.74) is 7.45. The van der Waals surface area contributed by atoms with Gasteiger partial charge in [0, 0.05) is 23.3 Å². The number of rotatable bonds is 19. The van der Waals surface area contributed by atoms with Gasteiger partial charge in [-0.15, -0.1) is 0 Å². The molecular weight excluding hydrogens is 647 g/mol. The SMILES string of the molecule is C=C/C=C\[C@H](C)[C@H](OC(N)=O)[C@@H](C)[C@H](O[Si](C)(C)C(C)(C)C)[C@@H](C)C/C(C)=C\[C@H](C)[C@@H](O[Si](C)(C)C(C)(C)C)[C@@H](C)/C=C(/C)C(=O)OCC. The van der Waals surface area contributed by atoms with Gasteiger partial charge in [-0.2, -0.15) is 0 Å². The lowest BCUT2D eigenvalue weighted by atomic mass is 9.81. The van der Waals surface area contributed by atoms with Crippen LogP contribution in [0.5, 0.6) is 0 Å². The van der Waals surface area contributed by atoms with Crippen LogP contribution in [0.4, 0.5) is 4.79 Å². The van der Waals surface area contributed by atoms with Crippen LogP contribution in [0.1, 0.15) is 103 Å². The molecule has 0 aliphatic carbocycles. The predicted molar refractivity (Wildman–Crippen MR) is 213 cm³/mol. The largest absolute Gasteiger partial charge is 0.463 e. The maximum absolute atomic E-state index is 12.5. The molecule has 0 aromatic rings. The molecule has 0 aliphatic rings. The Kier molecular flexibility index (Phi) is 18.8. The summed E-state index contributed by atoms with van der Waals surface area (Å²) < 4.78 is 25.3. The van der Waals surface area contributed by atoms with Gasteiger partial charge in [0.05, 0.1) is 18.8 Å². The Hall–Kier alpha value is -1.95. The highest BCUT2D eigenvalue weighted by Crippen LogP contribution is 2.42. The molecular formula is C40H75NO6Si2. The van der Waals surface area contributed by atoms with Crippen molar-refractivity contribution in [3.8, 4) is 0 Å². The number of carbonyl (C=O) groups excluding carboxylic acids is 2. The zero-order valence-corrected chi connectivity index (χ0v) is 36.7. The van der Waals surface area contributed by atoms with E-state index in [2.05, 4.69) is 115 Å². The molecule has 0 saturated carbocycles. The van der Waals surface area contributed by atoms with Crippen LogP contribution in [-0.2, 0) is 23.1 Å². The zero-order chi connectivity index (χ0) is 38.7. The van der Waals surface area contributed by atoms with E-state index in [1.54, 1.807) is 6.08 Å². The van der Waals surface area contributed by atoms with Crippen molar-refractivity contribution < 1.29 is 27.9 Å². The summed E-state index contributed by atoms with van der Waals surface area (Å²) in [6.07, 6.45) is 9.18. The van der Waals surface area contributed by atoms with Crippen molar-refractivity contribution in [1.82, 2.24) is 0 Å². The Bertz CT molecular complexity index is 1160. The van der Waals surface area contributed by atoms with Gasteiger partial charge >= 0.3 is 12.1 Å². The fourth-order valence-electron chi connectivity index (χ4n) is 5.88. The van der Waals surface area contributed by atoms with E-state index < -0.39 is 28.8 Å². The van der Waals surface area contributed by atoms with Crippen molar-refractivity contribution in [3.05, 3.63) is 48.1 Å². The predicted octanol–water partition coefficient (Wildman–Crippen LogP) is 11.0. The molecule has 0 aromatic heterocycles. The quantitative estimate of drug-likeness (QED) is 0.0469. The summed E-state index contributed by atoms with van der Waals surface area (Å²) in [4.78, 5) is 24.6. The Morgan fingerprint density at radius 2 is 1.24 bits per heavy atom. The molecule has 0 bridgehead atoms. The molecule has 0 rings (SSSR count). The first-order chi connectivity index (χ1) is 22.1. The van der Waals surface area contributed by atoms with Crippen LogP contribution in [0.15, 0.2) is 48.1 Å². The van der Waals surface area contributed by atoms with Crippen LogP contribution in [0, 0.1) is 29.6 Å². The fraction of sp³-hybridized carbons (Fsp3) is 0.750. The number of allylic oxidation sites excluding steroid dienone is 3. The Balaban J connectivity index is 6.80. The summed E-state index contributed by atoms with van der Waals surface area (Å²) in [5, 5.41) is 0.0297. The molecule has 0 heterocycles. The molecule has 9 heteroatoms. The number of primary amides is 1. The topological polar surface area (TPSA) is 97.1 Å². The second-order valence-electron chi connectivity index (χ2n) is 17.4. The van der Waals surface area contributed by atoms with Crippen molar-refractivity contribution in [2.45, 2.75) is 158 Å². The van der Waals surface area contributed by atoms with Crippen molar-refractivity contribution in [2.75, 3.05) is 6.61 Å². The number of carbonyl (C=O) groups is 2. The summed E-state index contributed by atoms with van der Waals surface area (Å²) >= 11 is 0. The lowest BCUT2D eigenvalue weighted by Crippen LogP contribution is -2.50. The van der Waals surface area contributed by atoms with Gasteiger partial charge in [0.2, 0.25) is 0 Å². The minimum Gasteiger partial charge on any atom is -0.463 e. The number of ether oxygens (including phenoxy) is 2. The van der Waals surface area contributed by atoms with Gasteiger partial charge in [-0.3, -0.25) is 0 Å². The highest BCUT2D eigenvalue weighted by molar-refractivity contribution is 6.74. The minimum absolute atomic E-state index is 0.00185. The Morgan fingerprint density at radius 3 is 1.67 bits per heavy atom. The van der Waals surface area contributed by atoms with Crippen LogP contribution in [0.2, 0.25) is 36.3 Å². The van der Waals surface area contributed by atoms with Crippen molar-refractivity contribution >= 4 is 28.7 Å². The molecule has 0 saturated heterocycles. The van der Waals surface area contributed by atoms with Crippen LogP contribution in [-0.4, -0.2) is 53.6 Å². The second-order valence-corrected chi connectivity index (χ2v) is 26.9. The molecule has 7 nitrogen and oxygen atoms in total. The number of nitrogens with two attached hydrogens (primary N) is 1. The lowest BCUT2D eigenvalue weighted by molar-refractivity contribution is -0.138. The number of esters is 1. The summed E-state index contributed by atoms with van der Waals surface area (Å²) in [7, 11) is -4.36. The molecule has 2 N–H and O–H groups in total. The molecule has 49 heavy (non-hydrogen) atoms. The monoisotopic (exact) mass is 722 g/mol. The standard InChI is InChI=1S/C40H75NO6Si2/c1-20-22-23-28(4)35(45-38(41)43)33(9)36(47-49(18,19)40(13,14)15)30(6)25-27(3)24-29(5)34(46-48(16,17)39(10,11)12)31(7)26-32(8)37(42)44-21-2/h20,22-24,26,28-31,33-36H,1,21,25H2,2-19H3,(H2,41,43)/b23-22-,27-24-,32-26-/t28-,29-,30-,31-,33+,34+,35-,36+/m0/s1. The third-order valence-corrected chi connectivity index (χ3v) is 19.7. The maximum Gasteiger partial charge on any atom is 0.404 e. The van der Waals surface area contributed by atoms with Gasteiger partial charge in [0.25, 0.3) is 0 Å². The van der Waals surface area contributed by atoms with Gasteiger partial charge in [-0.05, 0) is 75.3 Å². The summed E-state index contributed by atoms with van der Waals surface area (Å²) in [5.74, 6) is -0.322. The lowest BCUT2D eigenvalue weighted by Gasteiger charge is -2.45. The zero-order valence-electron chi connectivity index (χ0n) is 34.7. The highest BCUT2D eigenvalue weighted by atomic mass is 28.4. The van der Waals surface area contributed by atoms with Crippen LogP contribution < -0.4 is 5.73 Å². The Morgan fingerprint density at radius 1 is 0.776 bits per heavy atom. The van der Waals surface area contributed by atoms with E-state index in [4.69, 9.17) is 24.1 Å². The van der Waals surface area contributed by atoms with Gasteiger partial charge in [0.1, 0.15) is 6.10 Å². The summed E-state index contributed by atoms with van der Waals surface area (Å²) in [6, 6.07) is 0. The molecule has 8 atom stereocenters. The van der Waals surface area contributed by atoms with Crippen LogP contribution >= 0.6 is 0 Å². The minimum atomic E-state index is -2.22. The molecule has 0 unspecified atom stereocenters. The average molecular weight is 722 g/mol. The number of amides is 1. The second kappa shape index (κ2) is 19.6. The molecule has 0 spiro atoms. The normalized spacial score (nSPS) is 19.0. The van der Waals surface area contributed by atoms with Crippen molar-refractivity contribution in [1.29, 1.82) is 0 Å². The fourth-order valence-corrected chi connectivity index (χ4v) is 8.83. The number of hydrogen-bond acceptors (Lipinski definition) is 6. The molecule has 0 radical (unpaired) electrons. The van der Waals surface area contributed by atoms with Crippen LogP contribution in [0.3, 0.4) is 0 Å². The summed E-state index contributed by atoms with van der Waals surface area (Å²) in [6.45, 7) is 43.3. The smallest absolute Gasteiger partial charge is 0.404 e. The van der Waals surface area contributed by atoms with E-state index in [1.807, 2.05) is 39.0 Å². The van der Waals surface area contributed by atoms with E-state index >= 15 is 0 Å². The Labute approximate surface area is 303 Å². The van der Waals surface area contributed by atoms with E-state index in [0.717, 1.165) is 6.42 Å². The van der Waals surface area contributed by atoms with Crippen molar-refractivity contribution in [3.63, 3.8) is 0 Å². The average Bonchev–Trinajstić information content (AvgIpc) is 2.94. The van der Waals surface area contributed by atoms with Crippen LogP contribution in [0.25, 0.3) is 0 Å². The van der Waals surface area contributed by atoms with E-state index in [0.29, 0.717) is 12.2 Å². The third-order valence-electron chi connectivity index (χ3n) is 10.7. The van der Waals surface area contributed by atoms with E-state index in [9.17, 15) is 9.59 Å². The van der Waals surface area contributed by atoms with Gasteiger partial charge in [0.15, 0.2) is 16.6 Å². The van der Waals surface area contributed by atoms with Gasteiger partial charge in [-0.1, -0.05) is 119 Å². The first-order valence-corrected chi connectivity index (χ1v) is 24.1. The third kappa shape index (κ3) is 15.1. The molecule has 0 fully saturated rings. The van der Waals surface area contributed by atoms with Crippen molar-refractivity contribution in [2.24, 2.45) is 35.3 Å². The highest BCUT2D eigenvalue weighted by Gasteiger charge is 2.44. The first-order valence-electron chi connectivity index (χ1n) is 18.3. The van der Waals surface area contributed by atoms with E-state index in [-0.39, 0.29) is 57.8 Å². The molecule has 0 aromatic carbocycles. The molecule has 1 amide bonds. The molecule has 0 aliphatic heterocycles. The first kappa shape index (κ1) is 47.1. The van der Waals surface area contributed by atoms with Gasteiger partial charge in [-0.25, -0.2) is 9.59 Å².